The maximum atomic E-state index is 12.1. The number of tetrazole rings is 1. The van der Waals surface area contributed by atoms with Crippen molar-refractivity contribution in [3.63, 3.8) is 0 Å². The van der Waals surface area contributed by atoms with Gasteiger partial charge in [-0.25, -0.2) is 0 Å². The second-order valence-corrected chi connectivity index (χ2v) is 4.32. The third kappa shape index (κ3) is 4.12. The van der Waals surface area contributed by atoms with Crippen LogP contribution in [-0.2, 0) is 0 Å². The van der Waals surface area contributed by atoms with Gasteiger partial charge in [0.25, 0.3) is 5.91 Å². The van der Waals surface area contributed by atoms with E-state index < -0.39 is 0 Å². The molecular weight excluding hydrogens is 270 g/mol. The summed E-state index contributed by atoms with van der Waals surface area (Å²) in [5.74, 6) is 5.89. The molecule has 0 aliphatic rings. The zero-order chi connectivity index (χ0) is 15.1. The van der Waals surface area contributed by atoms with Crippen LogP contribution < -0.4 is 5.32 Å². The molecule has 0 saturated carbocycles. The number of carbonyl (C=O) groups is 1. The fourth-order valence-electron chi connectivity index (χ4n) is 1.66. The van der Waals surface area contributed by atoms with Crippen LogP contribution in [0.1, 0.15) is 41.1 Å². The first-order valence-electron chi connectivity index (χ1n) is 6.44. The number of aromatic amines is 1. The van der Waals surface area contributed by atoms with Gasteiger partial charge in [0.2, 0.25) is 0 Å². The molecule has 1 aromatic heterocycles. The van der Waals surface area contributed by atoms with Gasteiger partial charge >= 0.3 is 0 Å². The molecule has 1 aromatic carbocycles. The van der Waals surface area contributed by atoms with Crippen molar-refractivity contribution in [3.05, 3.63) is 41.2 Å². The van der Waals surface area contributed by atoms with E-state index in [1.807, 2.05) is 6.07 Å². The Balaban J connectivity index is 2.06. The van der Waals surface area contributed by atoms with Gasteiger partial charge in [0.1, 0.15) is 0 Å². The number of aliphatic hydroxyl groups is 1. The van der Waals surface area contributed by atoms with Crippen LogP contribution in [0.4, 0.5) is 0 Å². The molecule has 0 fully saturated rings. The Hall–Kier alpha value is -2.72. The van der Waals surface area contributed by atoms with Gasteiger partial charge in [-0.2, -0.15) is 5.21 Å². The number of nitrogens with one attached hydrogen (secondary N) is 2. The lowest BCUT2D eigenvalue weighted by atomic mass is 10.1. The summed E-state index contributed by atoms with van der Waals surface area (Å²) in [4.78, 5) is 12.1. The van der Waals surface area contributed by atoms with E-state index in [1.165, 1.54) is 0 Å². The molecule has 0 aliphatic heterocycles. The van der Waals surface area contributed by atoms with Gasteiger partial charge < -0.3 is 10.4 Å². The van der Waals surface area contributed by atoms with Gasteiger partial charge in [0.15, 0.2) is 5.82 Å². The van der Waals surface area contributed by atoms with E-state index >= 15 is 0 Å². The molecule has 108 valence electrons. The van der Waals surface area contributed by atoms with Crippen LogP contribution in [0.15, 0.2) is 24.3 Å². The molecule has 0 spiro atoms. The highest BCUT2D eigenvalue weighted by atomic mass is 16.2. The average Bonchev–Trinajstić information content (AvgIpc) is 3.02. The fraction of sp³-hybridized carbons (Fsp3) is 0.286. The van der Waals surface area contributed by atoms with E-state index in [2.05, 4.69) is 37.8 Å². The summed E-state index contributed by atoms with van der Waals surface area (Å²) in [6.07, 6.45) is 0.408. The molecule has 2 rings (SSSR count). The van der Waals surface area contributed by atoms with Crippen molar-refractivity contribution in [2.45, 2.75) is 19.4 Å². The van der Waals surface area contributed by atoms with Gasteiger partial charge in [-0.3, -0.25) is 4.79 Å². The maximum absolute atomic E-state index is 12.1. The van der Waals surface area contributed by atoms with E-state index in [9.17, 15) is 4.79 Å². The molecule has 2 aromatic rings. The minimum Gasteiger partial charge on any atom is -0.395 e. The highest BCUT2D eigenvalue weighted by molar-refractivity contribution is 5.94. The number of rotatable bonds is 4. The van der Waals surface area contributed by atoms with Gasteiger partial charge in [-0.15, -0.1) is 10.2 Å². The van der Waals surface area contributed by atoms with E-state index in [0.717, 1.165) is 5.56 Å². The van der Waals surface area contributed by atoms with Crippen LogP contribution in [-0.4, -0.2) is 38.2 Å². The molecule has 7 nitrogen and oxygen atoms in total. The van der Waals surface area contributed by atoms with E-state index in [1.54, 1.807) is 25.1 Å². The van der Waals surface area contributed by atoms with Gasteiger partial charge in [0.05, 0.1) is 12.6 Å². The molecule has 1 amide bonds. The zero-order valence-corrected chi connectivity index (χ0v) is 11.5. The number of hydrogen-bond donors (Lipinski definition) is 3. The van der Waals surface area contributed by atoms with Crippen LogP contribution in [0, 0.1) is 11.8 Å². The van der Waals surface area contributed by atoms with Gasteiger partial charge in [0, 0.05) is 17.5 Å². The average molecular weight is 285 g/mol. The normalized spacial score (nSPS) is 11.3. The summed E-state index contributed by atoms with van der Waals surface area (Å²) in [5, 5.41) is 24.9. The summed E-state index contributed by atoms with van der Waals surface area (Å²) >= 11 is 0. The van der Waals surface area contributed by atoms with Gasteiger partial charge in [-0.05, 0) is 25.1 Å². The number of aromatic nitrogens is 4. The minimum atomic E-state index is -0.347. The summed E-state index contributed by atoms with van der Waals surface area (Å²) in [6, 6.07) is 6.62. The number of nitrogens with zero attached hydrogens (tertiary/aromatic N) is 3. The van der Waals surface area contributed by atoms with Gasteiger partial charge in [-0.1, -0.05) is 23.1 Å². The Bertz CT molecular complexity index is 657. The van der Waals surface area contributed by atoms with Crippen LogP contribution in [0.5, 0.6) is 0 Å². The molecule has 0 radical (unpaired) electrons. The smallest absolute Gasteiger partial charge is 0.251 e. The fourth-order valence-corrected chi connectivity index (χ4v) is 1.66. The molecular formula is C14H15N5O2. The van der Waals surface area contributed by atoms with Crippen LogP contribution in [0.2, 0.25) is 0 Å². The molecule has 0 bridgehead atoms. The zero-order valence-electron chi connectivity index (χ0n) is 11.5. The molecule has 0 saturated heterocycles. The second-order valence-electron chi connectivity index (χ2n) is 4.32. The number of carbonyl (C=O) groups excluding carboxylic acids is 1. The highest BCUT2D eigenvalue weighted by Crippen LogP contribution is 2.08. The number of H-pyrrole nitrogens is 1. The lowest BCUT2D eigenvalue weighted by Crippen LogP contribution is -2.27. The monoisotopic (exact) mass is 285 g/mol. The number of amides is 1. The largest absolute Gasteiger partial charge is 0.395 e. The molecule has 3 N–H and O–H groups in total. The standard InChI is InChI=1S/C14H15N5O2/c1-10(13-16-18-19-17-13)15-14(21)12-7-4-6-11(9-12)5-2-3-8-20/h4,6-7,9-10,20H,3,8H2,1H3,(H,15,21)(H,16,17,18,19). The predicted molar refractivity (Wildman–Crippen MR) is 75.1 cm³/mol. The molecule has 7 heteroatoms. The number of benzene rings is 1. The van der Waals surface area contributed by atoms with Crippen LogP contribution >= 0.6 is 0 Å². The van der Waals surface area contributed by atoms with Crippen molar-refractivity contribution in [2.75, 3.05) is 6.61 Å². The first-order chi connectivity index (χ1) is 10.2. The molecule has 21 heavy (non-hydrogen) atoms. The van der Waals surface area contributed by atoms with E-state index in [0.29, 0.717) is 17.8 Å². The predicted octanol–water partition coefficient (Wildman–Crippen LogP) is 0.425. The van der Waals surface area contributed by atoms with Crippen LogP contribution in [0.25, 0.3) is 0 Å². The second kappa shape index (κ2) is 7.17. The van der Waals surface area contributed by atoms with E-state index in [-0.39, 0.29) is 18.6 Å². The SMILES string of the molecule is CC(NC(=O)c1cccc(C#CCCO)c1)c1nn[nH]n1. The van der Waals surface area contributed by atoms with Crippen molar-refractivity contribution < 1.29 is 9.90 Å². The Morgan fingerprint density at radius 3 is 3.10 bits per heavy atom. The first-order valence-corrected chi connectivity index (χ1v) is 6.44. The summed E-state index contributed by atoms with van der Waals surface area (Å²) in [5.41, 5.74) is 1.23. The van der Waals surface area contributed by atoms with Crippen molar-refractivity contribution in [1.29, 1.82) is 0 Å². The summed E-state index contributed by atoms with van der Waals surface area (Å²) in [6.45, 7) is 1.79. The van der Waals surface area contributed by atoms with Crippen molar-refractivity contribution in [2.24, 2.45) is 0 Å². The number of aliphatic hydroxyl groups excluding tert-OH is 1. The van der Waals surface area contributed by atoms with Crippen molar-refractivity contribution in [3.8, 4) is 11.8 Å². The maximum Gasteiger partial charge on any atom is 0.251 e. The third-order valence-electron chi connectivity index (χ3n) is 2.69. The van der Waals surface area contributed by atoms with Crippen molar-refractivity contribution >= 4 is 5.91 Å². The van der Waals surface area contributed by atoms with Crippen LogP contribution in [0.3, 0.4) is 0 Å². The van der Waals surface area contributed by atoms with Crippen molar-refractivity contribution in [1.82, 2.24) is 25.9 Å². The number of hydrogen-bond acceptors (Lipinski definition) is 5. The molecule has 0 aliphatic carbocycles. The lowest BCUT2D eigenvalue weighted by Gasteiger charge is -2.10. The summed E-state index contributed by atoms with van der Waals surface area (Å²) in [7, 11) is 0. The first kappa shape index (κ1) is 14.7. The Labute approximate surface area is 121 Å². The topological polar surface area (TPSA) is 104 Å². The molecule has 1 atom stereocenters. The highest BCUT2D eigenvalue weighted by Gasteiger charge is 2.14. The molecule has 1 unspecified atom stereocenters. The molecule has 1 heterocycles. The quantitative estimate of drug-likeness (QED) is 0.706. The minimum absolute atomic E-state index is 0.0232. The lowest BCUT2D eigenvalue weighted by molar-refractivity contribution is 0.0938. The Morgan fingerprint density at radius 2 is 2.38 bits per heavy atom. The summed E-state index contributed by atoms with van der Waals surface area (Å²) < 4.78 is 0. The van der Waals surface area contributed by atoms with E-state index in [4.69, 9.17) is 5.11 Å². The Morgan fingerprint density at radius 1 is 1.52 bits per heavy atom. The third-order valence-corrected chi connectivity index (χ3v) is 2.69. The Kier molecular flexibility index (Phi) is 5.01.